The second-order valence-corrected chi connectivity index (χ2v) is 2.89. The molecular weight excluding hydrogens is 283 g/mol. The molecule has 1 nitrogen and oxygen atoms in total. The molecule has 0 atom stereocenters. The Labute approximate surface area is 94.5 Å². The summed E-state index contributed by atoms with van der Waals surface area (Å²) >= 11 is 0. The van der Waals surface area contributed by atoms with E-state index in [1.165, 1.54) is 0 Å². The summed E-state index contributed by atoms with van der Waals surface area (Å²) in [5, 5.41) is 0. The highest BCUT2D eigenvalue weighted by molar-refractivity contribution is 5.03. The average Bonchev–Trinajstić information content (AvgIpc) is 2.14. The summed E-state index contributed by atoms with van der Waals surface area (Å²) in [6.45, 7) is -1.53. The van der Waals surface area contributed by atoms with Crippen molar-refractivity contribution in [3.63, 3.8) is 0 Å². The molecule has 0 fully saturated rings. The molecule has 0 aromatic carbocycles. The molecule has 18 heavy (non-hydrogen) atoms. The van der Waals surface area contributed by atoms with E-state index in [1.807, 2.05) is 0 Å². The minimum atomic E-state index is -5.20. The third kappa shape index (κ3) is 4.88. The van der Waals surface area contributed by atoms with Gasteiger partial charge in [0, 0.05) is 0 Å². The first-order valence-corrected chi connectivity index (χ1v) is 4.12. The molecule has 0 saturated heterocycles. The van der Waals surface area contributed by atoms with Crippen molar-refractivity contribution in [3.8, 4) is 0 Å². The highest BCUT2D eigenvalue weighted by Crippen LogP contribution is 2.39. The molecule has 0 saturated carbocycles. The van der Waals surface area contributed by atoms with Crippen LogP contribution < -0.4 is 0 Å². The van der Waals surface area contributed by atoms with E-state index in [1.54, 1.807) is 0 Å². The van der Waals surface area contributed by atoms with E-state index >= 15 is 0 Å². The Bertz CT molecular complexity index is 338. The molecule has 106 valence electrons. The topological polar surface area (TPSA) is 9.23 Å². The van der Waals surface area contributed by atoms with Crippen LogP contribution in [0.2, 0.25) is 0 Å². The van der Waals surface area contributed by atoms with E-state index in [4.69, 9.17) is 0 Å². The molecule has 0 unspecified atom stereocenters. The third-order valence-corrected chi connectivity index (χ3v) is 1.57. The minimum Gasteiger partial charge on any atom is -0.467 e. The molecule has 0 bridgehead atoms. The lowest BCUT2D eigenvalue weighted by molar-refractivity contribution is -0.189. The van der Waals surface area contributed by atoms with Crippen molar-refractivity contribution < 1.29 is 44.3 Å². The van der Waals surface area contributed by atoms with Crippen molar-refractivity contribution in [2.45, 2.75) is 18.3 Å². The first-order chi connectivity index (χ1) is 7.99. The molecule has 0 heterocycles. The highest BCUT2D eigenvalue weighted by Gasteiger charge is 2.55. The maximum absolute atomic E-state index is 12.7. The molecule has 0 rings (SSSR count). The molecule has 0 aliphatic rings. The van der Waals surface area contributed by atoms with E-state index in [2.05, 4.69) is 4.74 Å². The number of rotatable bonds is 6. The fraction of sp³-hybridized carbons (Fsp3) is 0.500. The lowest BCUT2D eigenvalue weighted by atomic mass is 10.1. The standard InChI is InChI=1S/C8H5F9O/c9-4(10)3-8(16,17)7(14,15)1-2-18-6(13)5(11)12/h3H,1-2H2. The molecule has 0 amide bonds. The van der Waals surface area contributed by atoms with E-state index in [0.717, 1.165) is 0 Å². The summed E-state index contributed by atoms with van der Waals surface area (Å²) in [6, 6.07) is -2.50. The summed E-state index contributed by atoms with van der Waals surface area (Å²) in [5.41, 5.74) is 0. The van der Waals surface area contributed by atoms with Crippen LogP contribution in [0, 0.1) is 0 Å². The van der Waals surface area contributed by atoms with Crippen LogP contribution in [0.4, 0.5) is 39.5 Å². The lowest BCUT2D eigenvalue weighted by Gasteiger charge is -2.23. The second kappa shape index (κ2) is 6.01. The summed E-state index contributed by atoms with van der Waals surface area (Å²) < 4.78 is 111. The molecule has 0 spiro atoms. The molecular formula is C8H5F9O. The normalized spacial score (nSPS) is 12.1. The van der Waals surface area contributed by atoms with Gasteiger partial charge in [0.2, 0.25) is 0 Å². The van der Waals surface area contributed by atoms with Crippen LogP contribution in [0.15, 0.2) is 24.3 Å². The predicted molar refractivity (Wildman–Crippen MR) is 41.1 cm³/mol. The largest absolute Gasteiger partial charge is 0.467 e. The minimum absolute atomic E-state index is 1.28. The van der Waals surface area contributed by atoms with Gasteiger partial charge >= 0.3 is 23.9 Å². The fourth-order valence-corrected chi connectivity index (χ4v) is 0.733. The number of ether oxygens (including phenoxy) is 1. The number of hydrogen-bond donors (Lipinski definition) is 0. The summed E-state index contributed by atoms with van der Waals surface area (Å²) in [5.74, 6) is -10.2. The zero-order valence-corrected chi connectivity index (χ0v) is 8.30. The van der Waals surface area contributed by atoms with Gasteiger partial charge in [-0.3, -0.25) is 0 Å². The Morgan fingerprint density at radius 3 is 1.83 bits per heavy atom. The van der Waals surface area contributed by atoms with E-state index in [0.29, 0.717) is 0 Å². The summed E-state index contributed by atoms with van der Waals surface area (Å²) in [7, 11) is 0. The van der Waals surface area contributed by atoms with Crippen molar-refractivity contribution in [3.05, 3.63) is 24.3 Å². The summed E-state index contributed by atoms with van der Waals surface area (Å²) in [4.78, 5) is 0. The number of hydrogen-bond acceptors (Lipinski definition) is 1. The Morgan fingerprint density at radius 2 is 1.44 bits per heavy atom. The smallest absolute Gasteiger partial charge is 0.342 e. The molecule has 0 aromatic heterocycles. The Kier molecular flexibility index (Phi) is 5.55. The molecule has 10 heteroatoms. The van der Waals surface area contributed by atoms with Gasteiger partial charge in [-0.25, -0.2) is 0 Å². The van der Waals surface area contributed by atoms with Gasteiger partial charge in [0.1, 0.15) is 0 Å². The zero-order valence-electron chi connectivity index (χ0n) is 8.30. The van der Waals surface area contributed by atoms with E-state index in [9.17, 15) is 39.5 Å². The van der Waals surface area contributed by atoms with Crippen LogP contribution in [0.1, 0.15) is 6.42 Å². The van der Waals surface area contributed by atoms with Crippen LogP contribution in [0.3, 0.4) is 0 Å². The quantitative estimate of drug-likeness (QED) is 0.517. The van der Waals surface area contributed by atoms with Crippen molar-refractivity contribution in [1.29, 1.82) is 0 Å². The van der Waals surface area contributed by atoms with E-state index in [-0.39, 0.29) is 0 Å². The highest BCUT2D eigenvalue weighted by atomic mass is 19.3. The first-order valence-electron chi connectivity index (χ1n) is 4.12. The van der Waals surface area contributed by atoms with Crippen molar-refractivity contribution in [1.82, 2.24) is 0 Å². The van der Waals surface area contributed by atoms with E-state index < -0.39 is 49.1 Å². The monoisotopic (exact) mass is 288 g/mol. The SMILES string of the molecule is FC(F)=CC(F)(F)C(F)(F)CCOC(F)=C(F)F. The molecule has 0 radical (unpaired) electrons. The van der Waals surface area contributed by atoms with Gasteiger partial charge in [0.25, 0.3) is 6.08 Å². The maximum Gasteiger partial charge on any atom is 0.342 e. The van der Waals surface area contributed by atoms with Crippen LogP contribution in [0.5, 0.6) is 0 Å². The molecule has 0 aliphatic carbocycles. The predicted octanol–water partition coefficient (Wildman–Crippen LogP) is 4.48. The van der Waals surface area contributed by atoms with Gasteiger partial charge in [0.15, 0.2) is 0 Å². The van der Waals surface area contributed by atoms with Crippen LogP contribution in [0.25, 0.3) is 0 Å². The van der Waals surface area contributed by atoms with Crippen LogP contribution >= 0.6 is 0 Å². The van der Waals surface area contributed by atoms with Gasteiger partial charge in [-0.05, 0) is 0 Å². The third-order valence-electron chi connectivity index (χ3n) is 1.57. The number of halogens is 9. The van der Waals surface area contributed by atoms with Crippen molar-refractivity contribution in [2.75, 3.05) is 6.61 Å². The second-order valence-electron chi connectivity index (χ2n) is 2.89. The van der Waals surface area contributed by atoms with Crippen LogP contribution in [-0.4, -0.2) is 18.5 Å². The Balaban J connectivity index is 4.58. The van der Waals surface area contributed by atoms with Crippen molar-refractivity contribution >= 4 is 0 Å². The first kappa shape index (κ1) is 16.6. The molecule has 0 aromatic rings. The van der Waals surface area contributed by atoms with Gasteiger partial charge in [-0.15, -0.1) is 0 Å². The fourth-order valence-electron chi connectivity index (χ4n) is 0.733. The number of alkyl halides is 4. The van der Waals surface area contributed by atoms with Crippen molar-refractivity contribution in [2.24, 2.45) is 0 Å². The molecule has 0 N–H and O–H groups in total. The van der Waals surface area contributed by atoms with Gasteiger partial charge < -0.3 is 4.74 Å². The Hall–Kier alpha value is -1.35. The molecule has 0 aliphatic heterocycles. The van der Waals surface area contributed by atoms with Gasteiger partial charge in [0.05, 0.1) is 19.1 Å². The summed E-state index contributed by atoms with van der Waals surface area (Å²) in [6.07, 6.45) is -9.21. The van der Waals surface area contributed by atoms with Gasteiger partial charge in [-0.2, -0.15) is 39.5 Å². The number of allylic oxidation sites excluding steroid dienone is 1. The lowest BCUT2D eigenvalue weighted by Crippen LogP contribution is -2.39. The van der Waals surface area contributed by atoms with Gasteiger partial charge in [-0.1, -0.05) is 0 Å². The maximum atomic E-state index is 12.7. The van der Waals surface area contributed by atoms with Crippen LogP contribution in [-0.2, 0) is 4.74 Å². The Morgan fingerprint density at radius 1 is 0.944 bits per heavy atom. The average molecular weight is 288 g/mol. The zero-order chi connectivity index (χ0) is 14.6.